The molecule has 0 saturated heterocycles. The van der Waals surface area contributed by atoms with E-state index in [2.05, 4.69) is 39.9 Å². The van der Waals surface area contributed by atoms with Gasteiger partial charge in [-0.05, 0) is 38.1 Å². The molecule has 0 rings (SSSR count). The molecule has 0 aliphatic heterocycles. The number of rotatable bonds is 9. The monoisotopic (exact) mass is 228 g/mol. The highest BCUT2D eigenvalue weighted by atomic mass is 15.0. The second-order valence-corrected chi connectivity index (χ2v) is 5.76. The third kappa shape index (κ3) is 6.49. The average molecular weight is 228 g/mol. The molecule has 1 atom stereocenters. The molecule has 0 aromatic carbocycles. The number of hydrogen-bond acceptors (Lipinski definition) is 2. The molecule has 0 aliphatic rings. The zero-order valence-corrected chi connectivity index (χ0v) is 12.0. The summed E-state index contributed by atoms with van der Waals surface area (Å²) in [5.41, 5.74) is 6.03. The lowest BCUT2D eigenvalue weighted by Gasteiger charge is -2.32. The Hall–Kier alpha value is -0.0800. The maximum atomic E-state index is 5.90. The van der Waals surface area contributed by atoms with Gasteiger partial charge in [-0.2, -0.15) is 0 Å². The molecule has 16 heavy (non-hydrogen) atoms. The van der Waals surface area contributed by atoms with E-state index in [1.807, 2.05) is 0 Å². The molecule has 0 aliphatic carbocycles. The van der Waals surface area contributed by atoms with Crippen LogP contribution in [0.2, 0.25) is 0 Å². The first kappa shape index (κ1) is 15.9. The summed E-state index contributed by atoms with van der Waals surface area (Å²) in [4.78, 5) is 0. The molecule has 0 spiro atoms. The number of nitrogens with two attached hydrogens (primary N) is 1. The van der Waals surface area contributed by atoms with Gasteiger partial charge in [0.05, 0.1) is 0 Å². The van der Waals surface area contributed by atoms with Crippen LogP contribution in [-0.2, 0) is 0 Å². The van der Waals surface area contributed by atoms with Crippen molar-refractivity contribution in [3.63, 3.8) is 0 Å². The van der Waals surface area contributed by atoms with E-state index >= 15 is 0 Å². The maximum absolute atomic E-state index is 5.90. The Labute approximate surface area is 102 Å². The van der Waals surface area contributed by atoms with Gasteiger partial charge in [-0.25, -0.2) is 0 Å². The molecule has 0 radical (unpaired) electrons. The van der Waals surface area contributed by atoms with Crippen molar-refractivity contribution in [3.8, 4) is 0 Å². The summed E-state index contributed by atoms with van der Waals surface area (Å²) in [5, 5.41) is 3.68. The lowest BCUT2D eigenvalue weighted by molar-refractivity contribution is 0.286. The SMILES string of the molecule is CCC(CC)CNC(C)(CN)CCC(C)C. The molecular weight excluding hydrogens is 196 g/mol. The molecule has 2 nitrogen and oxygen atoms in total. The molecule has 2 heteroatoms. The predicted molar refractivity (Wildman–Crippen MR) is 73.6 cm³/mol. The van der Waals surface area contributed by atoms with Gasteiger partial charge >= 0.3 is 0 Å². The molecule has 0 fully saturated rings. The molecule has 0 amide bonds. The zero-order valence-electron chi connectivity index (χ0n) is 12.0. The largest absolute Gasteiger partial charge is 0.329 e. The molecular formula is C14H32N2. The van der Waals surface area contributed by atoms with E-state index in [1.54, 1.807) is 0 Å². The van der Waals surface area contributed by atoms with Crippen LogP contribution in [0, 0.1) is 11.8 Å². The summed E-state index contributed by atoms with van der Waals surface area (Å²) < 4.78 is 0. The minimum absolute atomic E-state index is 0.132. The first-order valence-corrected chi connectivity index (χ1v) is 6.92. The van der Waals surface area contributed by atoms with Gasteiger partial charge in [0, 0.05) is 12.1 Å². The third-order valence-electron chi connectivity index (χ3n) is 3.70. The second-order valence-electron chi connectivity index (χ2n) is 5.76. The van der Waals surface area contributed by atoms with Crippen molar-refractivity contribution >= 4 is 0 Å². The van der Waals surface area contributed by atoms with Crippen molar-refractivity contribution in [2.45, 2.75) is 65.8 Å². The standard InChI is InChI=1S/C14H32N2/c1-6-13(7-2)10-16-14(5,11-15)9-8-12(3)4/h12-13,16H,6-11,15H2,1-5H3. The maximum Gasteiger partial charge on any atom is 0.0275 e. The highest BCUT2D eigenvalue weighted by Gasteiger charge is 2.22. The van der Waals surface area contributed by atoms with Crippen molar-refractivity contribution in [2.75, 3.05) is 13.1 Å². The molecule has 1 unspecified atom stereocenters. The topological polar surface area (TPSA) is 38.0 Å². The Morgan fingerprint density at radius 1 is 1.19 bits per heavy atom. The van der Waals surface area contributed by atoms with Crippen LogP contribution in [0.1, 0.15) is 60.3 Å². The summed E-state index contributed by atoms with van der Waals surface area (Å²) in [5.74, 6) is 1.56. The number of hydrogen-bond donors (Lipinski definition) is 2. The fourth-order valence-corrected chi connectivity index (χ4v) is 1.84. The molecule has 0 aromatic rings. The molecule has 3 N–H and O–H groups in total. The van der Waals surface area contributed by atoms with Crippen LogP contribution in [0.25, 0.3) is 0 Å². The molecule has 0 heterocycles. The van der Waals surface area contributed by atoms with E-state index in [-0.39, 0.29) is 5.54 Å². The molecule has 98 valence electrons. The van der Waals surface area contributed by atoms with Crippen LogP contribution >= 0.6 is 0 Å². The van der Waals surface area contributed by atoms with Gasteiger partial charge in [-0.3, -0.25) is 0 Å². The average Bonchev–Trinajstić information content (AvgIpc) is 2.28. The van der Waals surface area contributed by atoms with Crippen LogP contribution < -0.4 is 11.1 Å². The van der Waals surface area contributed by atoms with Gasteiger partial charge in [0.25, 0.3) is 0 Å². The Morgan fingerprint density at radius 3 is 2.12 bits per heavy atom. The highest BCUT2D eigenvalue weighted by Crippen LogP contribution is 2.17. The minimum atomic E-state index is 0.132. The minimum Gasteiger partial charge on any atom is -0.329 e. The second kappa shape index (κ2) is 8.08. The van der Waals surface area contributed by atoms with E-state index < -0.39 is 0 Å². The molecule has 0 saturated carbocycles. The van der Waals surface area contributed by atoms with Gasteiger partial charge in [-0.1, -0.05) is 40.5 Å². The van der Waals surface area contributed by atoms with Gasteiger partial charge in [0.2, 0.25) is 0 Å². The number of nitrogens with one attached hydrogen (secondary N) is 1. The lowest BCUT2D eigenvalue weighted by Crippen LogP contribution is -2.50. The van der Waals surface area contributed by atoms with Gasteiger partial charge < -0.3 is 11.1 Å². The summed E-state index contributed by atoms with van der Waals surface area (Å²) in [6.07, 6.45) is 4.95. The van der Waals surface area contributed by atoms with Crippen LogP contribution in [-0.4, -0.2) is 18.6 Å². The van der Waals surface area contributed by atoms with Crippen molar-refractivity contribution in [2.24, 2.45) is 17.6 Å². The Morgan fingerprint density at radius 2 is 1.75 bits per heavy atom. The fraction of sp³-hybridized carbons (Fsp3) is 1.00. The van der Waals surface area contributed by atoms with Crippen LogP contribution in [0.5, 0.6) is 0 Å². The van der Waals surface area contributed by atoms with Crippen LogP contribution in [0.3, 0.4) is 0 Å². The fourth-order valence-electron chi connectivity index (χ4n) is 1.84. The highest BCUT2D eigenvalue weighted by molar-refractivity contribution is 4.85. The van der Waals surface area contributed by atoms with Crippen molar-refractivity contribution in [3.05, 3.63) is 0 Å². The zero-order chi connectivity index (χ0) is 12.6. The summed E-state index contributed by atoms with van der Waals surface area (Å²) in [6, 6.07) is 0. The lowest BCUT2D eigenvalue weighted by atomic mass is 9.91. The first-order valence-electron chi connectivity index (χ1n) is 6.92. The van der Waals surface area contributed by atoms with Gasteiger partial charge in [-0.15, -0.1) is 0 Å². The van der Waals surface area contributed by atoms with Crippen molar-refractivity contribution in [1.82, 2.24) is 5.32 Å². The van der Waals surface area contributed by atoms with Crippen LogP contribution in [0.4, 0.5) is 0 Å². The van der Waals surface area contributed by atoms with E-state index in [0.717, 1.165) is 24.9 Å². The van der Waals surface area contributed by atoms with E-state index in [0.29, 0.717) is 0 Å². The quantitative estimate of drug-likeness (QED) is 0.636. The molecule has 0 bridgehead atoms. The van der Waals surface area contributed by atoms with Gasteiger partial charge in [0.1, 0.15) is 0 Å². The molecule has 0 aromatic heterocycles. The predicted octanol–water partition coefficient (Wildman–Crippen LogP) is 3.17. The van der Waals surface area contributed by atoms with Crippen molar-refractivity contribution < 1.29 is 0 Å². The normalized spacial score (nSPS) is 15.8. The third-order valence-corrected chi connectivity index (χ3v) is 3.70. The Balaban J connectivity index is 4.04. The van der Waals surface area contributed by atoms with Gasteiger partial charge in [0.15, 0.2) is 0 Å². The first-order chi connectivity index (χ1) is 7.47. The smallest absolute Gasteiger partial charge is 0.0275 e. The van der Waals surface area contributed by atoms with E-state index in [4.69, 9.17) is 5.73 Å². The summed E-state index contributed by atoms with van der Waals surface area (Å²) in [7, 11) is 0. The van der Waals surface area contributed by atoms with Crippen molar-refractivity contribution in [1.29, 1.82) is 0 Å². The van der Waals surface area contributed by atoms with E-state index in [1.165, 1.54) is 25.7 Å². The Kier molecular flexibility index (Phi) is 8.04. The Bertz CT molecular complexity index is 164. The van der Waals surface area contributed by atoms with Crippen LogP contribution in [0.15, 0.2) is 0 Å². The summed E-state index contributed by atoms with van der Waals surface area (Å²) in [6.45, 7) is 13.2. The summed E-state index contributed by atoms with van der Waals surface area (Å²) >= 11 is 0. The van der Waals surface area contributed by atoms with E-state index in [9.17, 15) is 0 Å².